The van der Waals surface area contributed by atoms with Crippen LogP contribution >= 0.6 is 0 Å². The highest BCUT2D eigenvalue weighted by molar-refractivity contribution is 6.51. The Bertz CT molecular complexity index is 1470. The molecule has 40 heavy (non-hydrogen) atoms. The van der Waals surface area contributed by atoms with E-state index in [-0.39, 0.29) is 16.7 Å². The van der Waals surface area contributed by atoms with Crippen molar-refractivity contribution < 1.29 is 33.6 Å². The van der Waals surface area contributed by atoms with E-state index < -0.39 is 17.7 Å². The van der Waals surface area contributed by atoms with E-state index >= 15 is 0 Å². The number of carbonyl (C=O) groups is 2. The highest BCUT2D eigenvalue weighted by atomic mass is 16.5. The number of amides is 1. The standard InChI is InChI=1S/C32H35NO7/c1-8-40-26-17-19(12-15-25(26)39-7)28-27(29(34)20-13-14-24(38-6)23(16-20)32(2,3)4)30(35)31(36)33(28)21-10-9-11-22(18-21)37-5/h9-18,28,34H,8H2,1-7H3/b29-27+. The molecular weight excluding hydrogens is 510 g/mol. The summed E-state index contributed by atoms with van der Waals surface area (Å²) in [6, 6.07) is 16.4. The average Bonchev–Trinajstić information content (AvgIpc) is 3.21. The van der Waals surface area contributed by atoms with Gasteiger partial charge in [-0.15, -0.1) is 0 Å². The van der Waals surface area contributed by atoms with E-state index in [1.165, 1.54) is 19.1 Å². The first-order valence-corrected chi connectivity index (χ1v) is 13.0. The zero-order valence-corrected chi connectivity index (χ0v) is 23.9. The summed E-state index contributed by atoms with van der Waals surface area (Å²) in [4.78, 5) is 28.6. The minimum Gasteiger partial charge on any atom is -0.507 e. The SMILES string of the molecule is CCOc1cc(C2/C(=C(\O)c3ccc(OC)c(C(C)(C)C)c3)C(=O)C(=O)N2c2cccc(OC)c2)ccc1OC. The molecule has 1 N–H and O–H groups in total. The second-order valence-electron chi connectivity index (χ2n) is 10.4. The van der Waals surface area contributed by atoms with Crippen molar-refractivity contribution in [1.82, 2.24) is 0 Å². The van der Waals surface area contributed by atoms with Crippen molar-refractivity contribution in [3.8, 4) is 23.0 Å². The largest absolute Gasteiger partial charge is 0.507 e. The number of aliphatic hydroxyl groups excluding tert-OH is 1. The van der Waals surface area contributed by atoms with E-state index in [0.29, 0.717) is 46.4 Å². The summed E-state index contributed by atoms with van der Waals surface area (Å²) in [6.45, 7) is 8.33. The molecule has 1 heterocycles. The van der Waals surface area contributed by atoms with Crippen molar-refractivity contribution in [1.29, 1.82) is 0 Å². The Kier molecular flexibility index (Phi) is 8.09. The number of aliphatic hydroxyl groups is 1. The first-order chi connectivity index (χ1) is 19.0. The number of ether oxygens (including phenoxy) is 4. The molecule has 0 aromatic heterocycles. The first-order valence-electron chi connectivity index (χ1n) is 13.0. The number of hydrogen-bond donors (Lipinski definition) is 1. The van der Waals surface area contributed by atoms with Crippen LogP contribution in [0.3, 0.4) is 0 Å². The van der Waals surface area contributed by atoms with Crippen LogP contribution in [-0.2, 0) is 15.0 Å². The van der Waals surface area contributed by atoms with E-state index in [9.17, 15) is 14.7 Å². The minimum absolute atomic E-state index is 0.0366. The average molecular weight is 546 g/mol. The Hall–Kier alpha value is -4.46. The highest BCUT2D eigenvalue weighted by Crippen LogP contribution is 2.45. The molecule has 1 aliphatic heterocycles. The summed E-state index contributed by atoms with van der Waals surface area (Å²) in [5.74, 6) is 0.301. The van der Waals surface area contributed by atoms with Crippen LogP contribution in [0.25, 0.3) is 5.76 Å². The lowest BCUT2D eigenvalue weighted by Crippen LogP contribution is -2.29. The predicted molar refractivity (Wildman–Crippen MR) is 154 cm³/mol. The number of rotatable bonds is 8. The molecule has 3 aromatic carbocycles. The Balaban J connectivity index is 1.99. The normalized spacial score (nSPS) is 16.7. The van der Waals surface area contributed by atoms with E-state index in [1.54, 1.807) is 67.8 Å². The van der Waals surface area contributed by atoms with Gasteiger partial charge in [-0.25, -0.2) is 0 Å². The van der Waals surface area contributed by atoms with E-state index in [4.69, 9.17) is 18.9 Å². The maximum Gasteiger partial charge on any atom is 0.300 e. The third-order valence-electron chi connectivity index (χ3n) is 6.86. The Morgan fingerprint density at radius 3 is 2.20 bits per heavy atom. The number of anilines is 1. The second kappa shape index (κ2) is 11.3. The van der Waals surface area contributed by atoms with Gasteiger partial charge in [0.15, 0.2) is 11.5 Å². The van der Waals surface area contributed by atoms with Gasteiger partial charge in [0.25, 0.3) is 11.7 Å². The van der Waals surface area contributed by atoms with Crippen molar-refractivity contribution in [3.05, 3.63) is 82.9 Å². The smallest absolute Gasteiger partial charge is 0.300 e. The lowest BCUT2D eigenvalue weighted by atomic mass is 9.84. The maximum atomic E-state index is 13.7. The van der Waals surface area contributed by atoms with Crippen LogP contribution in [0, 0.1) is 0 Å². The number of nitrogens with zero attached hydrogens (tertiary/aromatic N) is 1. The third kappa shape index (κ3) is 5.21. The molecule has 1 saturated heterocycles. The van der Waals surface area contributed by atoms with Crippen LogP contribution < -0.4 is 23.8 Å². The summed E-state index contributed by atoms with van der Waals surface area (Å²) in [6.07, 6.45) is 0. The minimum atomic E-state index is -0.947. The van der Waals surface area contributed by atoms with Crippen molar-refractivity contribution >= 4 is 23.1 Å². The molecule has 1 fully saturated rings. The van der Waals surface area contributed by atoms with Crippen molar-refractivity contribution in [3.63, 3.8) is 0 Å². The van der Waals surface area contributed by atoms with Crippen LogP contribution in [0.15, 0.2) is 66.2 Å². The van der Waals surface area contributed by atoms with Gasteiger partial charge >= 0.3 is 0 Å². The Morgan fingerprint density at radius 1 is 0.875 bits per heavy atom. The predicted octanol–water partition coefficient (Wildman–Crippen LogP) is 6.03. The molecule has 0 radical (unpaired) electrons. The van der Waals surface area contributed by atoms with Crippen LogP contribution in [0.4, 0.5) is 5.69 Å². The number of benzene rings is 3. The summed E-state index contributed by atoms with van der Waals surface area (Å²) in [7, 11) is 4.65. The van der Waals surface area contributed by atoms with Crippen molar-refractivity contribution in [2.24, 2.45) is 0 Å². The molecule has 8 nitrogen and oxygen atoms in total. The number of carbonyl (C=O) groups excluding carboxylic acids is 2. The maximum absolute atomic E-state index is 13.7. The summed E-state index contributed by atoms with van der Waals surface area (Å²) >= 11 is 0. The van der Waals surface area contributed by atoms with Gasteiger partial charge < -0.3 is 24.1 Å². The molecule has 0 bridgehead atoms. The number of Topliss-reactive ketones (excluding diaryl/α,β-unsaturated/α-hetero) is 1. The molecule has 1 aliphatic rings. The van der Waals surface area contributed by atoms with Gasteiger partial charge in [0.1, 0.15) is 17.3 Å². The second-order valence-corrected chi connectivity index (χ2v) is 10.4. The molecule has 1 atom stereocenters. The monoisotopic (exact) mass is 545 g/mol. The summed E-state index contributed by atoms with van der Waals surface area (Å²) in [5.41, 5.74) is 1.92. The molecule has 4 rings (SSSR count). The number of hydrogen-bond acceptors (Lipinski definition) is 7. The summed E-state index contributed by atoms with van der Waals surface area (Å²) in [5, 5.41) is 11.7. The fourth-order valence-corrected chi connectivity index (χ4v) is 4.90. The quantitative estimate of drug-likeness (QED) is 0.210. The van der Waals surface area contributed by atoms with E-state index in [0.717, 1.165) is 5.56 Å². The zero-order chi connectivity index (χ0) is 29.2. The molecular formula is C32H35NO7. The van der Waals surface area contributed by atoms with E-state index in [2.05, 4.69) is 0 Å². The molecule has 3 aromatic rings. The lowest BCUT2D eigenvalue weighted by Gasteiger charge is -2.27. The Morgan fingerprint density at radius 2 is 1.57 bits per heavy atom. The fourth-order valence-electron chi connectivity index (χ4n) is 4.90. The Labute approximate surface area is 234 Å². The van der Waals surface area contributed by atoms with Crippen LogP contribution in [0.5, 0.6) is 23.0 Å². The van der Waals surface area contributed by atoms with Crippen LogP contribution in [-0.4, -0.2) is 44.7 Å². The van der Waals surface area contributed by atoms with Gasteiger partial charge in [-0.2, -0.15) is 0 Å². The highest BCUT2D eigenvalue weighted by Gasteiger charge is 2.47. The molecule has 1 unspecified atom stereocenters. The molecule has 0 aliphatic carbocycles. The van der Waals surface area contributed by atoms with Gasteiger partial charge in [-0.05, 0) is 60.4 Å². The van der Waals surface area contributed by atoms with E-state index in [1.807, 2.05) is 27.7 Å². The van der Waals surface area contributed by atoms with Gasteiger partial charge in [-0.3, -0.25) is 14.5 Å². The molecule has 0 spiro atoms. The number of methoxy groups -OCH3 is 3. The first kappa shape index (κ1) is 28.5. The van der Waals surface area contributed by atoms with Crippen molar-refractivity contribution in [2.45, 2.75) is 39.2 Å². The van der Waals surface area contributed by atoms with Crippen molar-refractivity contribution in [2.75, 3.05) is 32.8 Å². The van der Waals surface area contributed by atoms with Gasteiger partial charge in [0, 0.05) is 22.9 Å². The molecule has 1 amide bonds. The van der Waals surface area contributed by atoms with Gasteiger partial charge in [0.05, 0.1) is 39.6 Å². The summed E-state index contributed by atoms with van der Waals surface area (Å²) < 4.78 is 22.2. The lowest BCUT2D eigenvalue weighted by molar-refractivity contribution is -0.132. The molecule has 0 saturated carbocycles. The van der Waals surface area contributed by atoms with Gasteiger partial charge in [-0.1, -0.05) is 32.9 Å². The number of ketones is 1. The van der Waals surface area contributed by atoms with Crippen LogP contribution in [0.2, 0.25) is 0 Å². The zero-order valence-electron chi connectivity index (χ0n) is 23.9. The van der Waals surface area contributed by atoms with Gasteiger partial charge in [0.2, 0.25) is 0 Å². The topological polar surface area (TPSA) is 94.5 Å². The molecule has 210 valence electrons. The van der Waals surface area contributed by atoms with Crippen LogP contribution in [0.1, 0.15) is 50.4 Å². The molecule has 8 heteroatoms. The third-order valence-corrected chi connectivity index (χ3v) is 6.86. The fraction of sp³-hybridized carbons (Fsp3) is 0.312.